The van der Waals surface area contributed by atoms with E-state index >= 15 is 0 Å². The molecule has 1 heterocycles. The van der Waals surface area contributed by atoms with E-state index in [4.69, 9.17) is 0 Å². The summed E-state index contributed by atoms with van der Waals surface area (Å²) in [5.74, 6) is 9.23. The van der Waals surface area contributed by atoms with Crippen LogP contribution in [0, 0.1) is 36.5 Å². The van der Waals surface area contributed by atoms with Gasteiger partial charge in [0, 0.05) is 11.5 Å². The monoisotopic (exact) mass is 239 g/mol. The lowest BCUT2D eigenvalue weighted by molar-refractivity contribution is 0.246. The van der Waals surface area contributed by atoms with Gasteiger partial charge < -0.3 is 5.32 Å². The average molecular weight is 239 g/mol. The van der Waals surface area contributed by atoms with Crippen LogP contribution in [-0.4, -0.2) is 13.1 Å². The quantitative estimate of drug-likeness (QED) is 0.686. The van der Waals surface area contributed by atoms with E-state index in [0.717, 1.165) is 11.8 Å². The van der Waals surface area contributed by atoms with Crippen LogP contribution < -0.4 is 5.32 Å². The molecule has 1 saturated carbocycles. The van der Waals surface area contributed by atoms with Crippen molar-refractivity contribution in [3.8, 4) is 11.8 Å². The SMILES string of the molecule is Cc1cccc(C#CC2CCCC3CNCC23)c1. The van der Waals surface area contributed by atoms with E-state index < -0.39 is 0 Å². The van der Waals surface area contributed by atoms with Gasteiger partial charge in [0.1, 0.15) is 0 Å². The van der Waals surface area contributed by atoms with Crippen molar-refractivity contribution in [2.75, 3.05) is 13.1 Å². The lowest BCUT2D eigenvalue weighted by Gasteiger charge is -2.29. The molecule has 3 atom stereocenters. The van der Waals surface area contributed by atoms with Crippen LogP contribution in [0.2, 0.25) is 0 Å². The van der Waals surface area contributed by atoms with E-state index in [0.29, 0.717) is 5.92 Å². The zero-order valence-corrected chi connectivity index (χ0v) is 11.1. The Kier molecular flexibility index (Phi) is 3.39. The van der Waals surface area contributed by atoms with Gasteiger partial charge in [-0.15, -0.1) is 0 Å². The molecular weight excluding hydrogens is 218 g/mol. The van der Waals surface area contributed by atoms with Gasteiger partial charge in [0.2, 0.25) is 0 Å². The Morgan fingerprint density at radius 3 is 3.06 bits per heavy atom. The fourth-order valence-corrected chi connectivity index (χ4v) is 3.43. The molecule has 0 aromatic heterocycles. The Bertz CT molecular complexity index is 480. The van der Waals surface area contributed by atoms with Crippen LogP contribution in [-0.2, 0) is 0 Å². The van der Waals surface area contributed by atoms with Crippen LogP contribution in [0.5, 0.6) is 0 Å². The molecular formula is C17H21N. The van der Waals surface area contributed by atoms with Crippen molar-refractivity contribution in [2.45, 2.75) is 26.2 Å². The molecule has 94 valence electrons. The number of hydrogen-bond donors (Lipinski definition) is 1. The molecule has 0 bridgehead atoms. The first kappa shape index (κ1) is 11.8. The number of aryl methyl sites for hydroxylation is 1. The maximum absolute atomic E-state index is 3.55. The summed E-state index contributed by atoms with van der Waals surface area (Å²) in [7, 11) is 0. The molecule has 1 aromatic carbocycles. The first-order chi connectivity index (χ1) is 8.83. The Morgan fingerprint density at radius 2 is 2.17 bits per heavy atom. The third-order valence-corrected chi connectivity index (χ3v) is 4.42. The highest BCUT2D eigenvalue weighted by molar-refractivity contribution is 5.37. The van der Waals surface area contributed by atoms with E-state index in [2.05, 4.69) is 48.3 Å². The molecule has 1 nitrogen and oxygen atoms in total. The second-order valence-corrected chi connectivity index (χ2v) is 5.76. The summed E-state index contributed by atoms with van der Waals surface area (Å²) in [6.07, 6.45) is 4.05. The van der Waals surface area contributed by atoms with Crippen LogP contribution >= 0.6 is 0 Å². The molecule has 0 amide bonds. The van der Waals surface area contributed by atoms with E-state index in [1.165, 1.54) is 43.5 Å². The van der Waals surface area contributed by atoms with Crippen LogP contribution in [0.1, 0.15) is 30.4 Å². The van der Waals surface area contributed by atoms with Gasteiger partial charge >= 0.3 is 0 Å². The van der Waals surface area contributed by atoms with Gasteiger partial charge in [0.05, 0.1) is 0 Å². The van der Waals surface area contributed by atoms with Crippen LogP contribution in [0.25, 0.3) is 0 Å². The summed E-state index contributed by atoms with van der Waals surface area (Å²) in [4.78, 5) is 0. The van der Waals surface area contributed by atoms with E-state index in [-0.39, 0.29) is 0 Å². The van der Waals surface area contributed by atoms with E-state index in [1.807, 2.05) is 0 Å². The third kappa shape index (κ3) is 2.44. The predicted molar refractivity (Wildman–Crippen MR) is 75.2 cm³/mol. The third-order valence-electron chi connectivity index (χ3n) is 4.42. The van der Waals surface area contributed by atoms with Crippen molar-refractivity contribution >= 4 is 0 Å². The van der Waals surface area contributed by atoms with Crippen LogP contribution in [0.3, 0.4) is 0 Å². The first-order valence-electron chi connectivity index (χ1n) is 7.12. The highest BCUT2D eigenvalue weighted by atomic mass is 14.9. The minimum atomic E-state index is 0.610. The molecule has 3 unspecified atom stereocenters. The molecule has 0 radical (unpaired) electrons. The molecule has 0 spiro atoms. The van der Waals surface area contributed by atoms with Crippen molar-refractivity contribution in [3.63, 3.8) is 0 Å². The lowest BCUT2D eigenvalue weighted by atomic mass is 9.74. The highest BCUT2D eigenvalue weighted by Gasteiger charge is 2.35. The number of fused-ring (bicyclic) bond motifs is 1. The molecule has 1 heteroatoms. The van der Waals surface area contributed by atoms with Crippen molar-refractivity contribution in [2.24, 2.45) is 17.8 Å². The zero-order chi connectivity index (χ0) is 12.4. The minimum Gasteiger partial charge on any atom is -0.316 e. The van der Waals surface area contributed by atoms with Gasteiger partial charge in [-0.3, -0.25) is 0 Å². The van der Waals surface area contributed by atoms with Crippen molar-refractivity contribution < 1.29 is 0 Å². The normalized spacial score (nSPS) is 30.4. The maximum Gasteiger partial charge on any atom is 0.0250 e. The second-order valence-electron chi connectivity index (χ2n) is 5.76. The van der Waals surface area contributed by atoms with Crippen molar-refractivity contribution in [1.82, 2.24) is 5.32 Å². The van der Waals surface area contributed by atoms with Gasteiger partial charge in [0.25, 0.3) is 0 Å². The largest absolute Gasteiger partial charge is 0.316 e. The molecule has 1 saturated heterocycles. The average Bonchev–Trinajstić information content (AvgIpc) is 2.85. The molecule has 3 rings (SSSR count). The lowest BCUT2D eigenvalue weighted by Crippen LogP contribution is -2.26. The molecule has 1 aromatic rings. The number of rotatable bonds is 0. The minimum absolute atomic E-state index is 0.610. The van der Waals surface area contributed by atoms with Crippen LogP contribution in [0.15, 0.2) is 24.3 Å². The van der Waals surface area contributed by atoms with Gasteiger partial charge in [0.15, 0.2) is 0 Å². The summed E-state index contributed by atoms with van der Waals surface area (Å²) >= 11 is 0. The molecule has 1 aliphatic carbocycles. The first-order valence-corrected chi connectivity index (χ1v) is 7.12. The standard InChI is InChI=1S/C17H21N/c1-13-4-2-5-14(10-13)8-9-15-6-3-7-16-11-18-12-17(15)16/h2,4-5,10,15-18H,3,6-7,11-12H2,1H3. The number of nitrogens with one attached hydrogen (secondary N) is 1. The van der Waals surface area contributed by atoms with Crippen LogP contribution in [0.4, 0.5) is 0 Å². The molecule has 2 fully saturated rings. The Balaban J connectivity index is 1.76. The van der Waals surface area contributed by atoms with Crippen molar-refractivity contribution in [1.29, 1.82) is 0 Å². The Morgan fingerprint density at radius 1 is 1.22 bits per heavy atom. The second kappa shape index (κ2) is 5.16. The summed E-state index contributed by atoms with van der Waals surface area (Å²) < 4.78 is 0. The summed E-state index contributed by atoms with van der Waals surface area (Å²) in [5.41, 5.74) is 2.47. The van der Waals surface area contributed by atoms with Gasteiger partial charge in [-0.2, -0.15) is 0 Å². The summed E-state index contributed by atoms with van der Waals surface area (Å²) in [5, 5.41) is 3.53. The molecule has 1 aliphatic heterocycles. The fourth-order valence-electron chi connectivity index (χ4n) is 3.43. The number of benzene rings is 1. The van der Waals surface area contributed by atoms with Gasteiger partial charge in [-0.1, -0.05) is 30.4 Å². The highest BCUT2D eigenvalue weighted by Crippen LogP contribution is 2.36. The van der Waals surface area contributed by atoms with E-state index in [1.54, 1.807) is 0 Å². The molecule has 1 N–H and O–H groups in total. The zero-order valence-electron chi connectivity index (χ0n) is 11.1. The Labute approximate surface area is 110 Å². The Hall–Kier alpha value is -1.26. The van der Waals surface area contributed by atoms with Gasteiger partial charge in [-0.05, 0) is 62.4 Å². The smallest absolute Gasteiger partial charge is 0.0250 e. The predicted octanol–water partition coefficient (Wildman–Crippen LogP) is 2.98. The fraction of sp³-hybridized carbons (Fsp3) is 0.529. The topological polar surface area (TPSA) is 12.0 Å². The van der Waals surface area contributed by atoms with Crippen molar-refractivity contribution in [3.05, 3.63) is 35.4 Å². The number of hydrogen-bond acceptors (Lipinski definition) is 1. The van der Waals surface area contributed by atoms with Gasteiger partial charge in [-0.25, -0.2) is 0 Å². The molecule has 2 aliphatic rings. The summed E-state index contributed by atoms with van der Waals surface area (Å²) in [6, 6.07) is 8.52. The maximum atomic E-state index is 3.55. The van der Waals surface area contributed by atoms with E-state index in [9.17, 15) is 0 Å². The molecule has 18 heavy (non-hydrogen) atoms. The summed E-state index contributed by atoms with van der Waals surface area (Å²) in [6.45, 7) is 4.52.